The van der Waals surface area contributed by atoms with E-state index in [4.69, 9.17) is 18.9 Å². The van der Waals surface area contributed by atoms with Crippen LogP contribution in [0.15, 0.2) is 51.7 Å². The van der Waals surface area contributed by atoms with Crippen LogP contribution in [-0.2, 0) is 33.3 Å². The first-order valence-electron chi connectivity index (χ1n) is 20.3. The number of hydrogen-bond acceptors (Lipinski definition) is 14. The Balaban J connectivity index is 1.32. The first-order valence-corrected chi connectivity index (χ1v) is 20.3. The number of hydrogen-bond donors (Lipinski definition) is 4. The van der Waals surface area contributed by atoms with Gasteiger partial charge in [-0.05, 0) is 80.6 Å². The molecule has 0 radical (unpaired) electrons. The fraction of sp³-hybridized carbons (Fsp3) is 0.643. The van der Waals surface area contributed by atoms with Gasteiger partial charge < -0.3 is 34.1 Å². The van der Waals surface area contributed by atoms with Gasteiger partial charge in [-0.3, -0.25) is 20.3 Å². The number of fused-ring (bicyclic) bond motifs is 1. The van der Waals surface area contributed by atoms with E-state index in [1.54, 1.807) is 38.3 Å². The number of rotatable bonds is 12. The summed E-state index contributed by atoms with van der Waals surface area (Å²) < 4.78 is 23.8. The van der Waals surface area contributed by atoms with Gasteiger partial charge in [-0.25, -0.2) is 19.6 Å². The summed E-state index contributed by atoms with van der Waals surface area (Å²) in [5.41, 5.74) is 0.0511. The zero-order valence-electron chi connectivity index (χ0n) is 34.0. The average Bonchev–Trinajstić information content (AvgIpc) is 3.61. The maximum Gasteiger partial charge on any atom is 0.342 e. The predicted molar refractivity (Wildman–Crippen MR) is 213 cm³/mol. The van der Waals surface area contributed by atoms with Crippen molar-refractivity contribution in [3.05, 3.63) is 47.2 Å². The Morgan fingerprint density at radius 2 is 1.88 bits per heavy atom. The number of epoxide rings is 1. The fourth-order valence-corrected chi connectivity index (χ4v) is 10.3. The Morgan fingerprint density at radius 1 is 1.16 bits per heavy atom. The molecule has 0 aromatic heterocycles. The van der Waals surface area contributed by atoms with E-state index in [9.17, 15) is 24.6 Å². The number of aliphatic hydroxyl groups is 2. The predicted octanol–water partition coefficient (Wildman–Crippen LogP) is 2.07. The van der Waals surface area contributed by atoms with Crippen LogP contribution in [0.25, 0.3) is 5.57 Å². The minimum absolute atomic E-state index is 0.0271. The molecule has 15 nitrogen and oxygen atoms in total. The molecule has 57 heavy (non-hydrogen) atoms. The minimum atomic E-state index is -0.812. The number of benzene rings is 1. The van der Waals surface area contributed by atoms with Crippen LogP contribution in [0.1, 0.15) is 58.9 Å². The zero-order chi connectivity index (χ0) is 40.7. The number of aliphatic hydroxyl groups excluding tert-OH is 2. The minimum Gasteiger partial charge on any atom is -0.462 e. The molecule has 4 N–H and O–H groups in total. The molecule has 9 atom stereocenters. The molecular formula is C42H58N6O9. The third-order valence-electron chi connectivity index (χ3n) is 13.6. The van der Waals surface area contributed by atoms with Gasteiger partial charge in [0.1, 0.15) is 16.9 Å². The summed E-state index contributed by atoms with van der Waals surface area (Å²) in [7, 11) is 3.84. The van der Waals surface area contributed by atoms with Crippen LogP contribution in [-0.4, -0.2) is 142 Å². The first-order chi connectivity index (χ1) is 27.3. The number of ether oxygens (including phenoxy) is 4. The summed E-state index contributed by atoms with van der Waals surface area (Å²) in [6.45, 7) is 11.2. The molecule has 4 aliphatic heterocycles. The largest absolute Gasteiger partial charge is 0.462 e. The van der Waals surface area contributed by atoms with Crippen LogP contribution >= 0.6 is 0 Å². The van der Waals surface area contributed by atoms with Crippen molar-refractivity contribution in [3.8, 4) is 0 Å². The first kappa shape index (κ1) is 41.2. The van der Waals surface area contributed by atoms with Crippen molar-refractivity contribution >= 4 is 41.3 Å². The standard InChI is InChI=1S/C42H58N6O9/c1-7-55-38(53)35(26-8-10-27(11-9-26)47(5)6)30-20-28(37(52)57-30)29(45-25(2)36(51)46-39-43-14-15-44-39)21-32-40(3)13-12-34(50)41(4,23-49)31(40)22-33(42(32)24-56-42)48-16-18-54-19-17-48/h8-11,14,20,25,29,31-34,45,49-50H,7,12-13,15-19,21-24H2,1-6H3,(H,44,46,51)/b35-30-/t25?,29?,31?,32?,33?,34-,40+,41+,42?/m1/s1. The number of anilines is 1. The van der Waals surface area contributed by atoms with Crippen molar-refractivity contribution in [1.82, 2.24) is 15.5 Å². The maximum atomic E-state index is 14.2. The van der Waals surface area contributed by atoms with E-state index < -0.39 is 46.6 Å². The highest BCUT2D eigenvalue weighted by Gasteiger charge is 2.71. The highest BCUT2D eigenvalue weighted by Crippen LogP contribution is 2.67. The molecule has 7 rings (SSSR count). The number of aliphatic imine (C=N–C) groups is 2. The van der Waals surface area contributed by atoms with Gasteiger partial charge in [-0.2, -0.15) is 0 Å². The van der Waals surface area contributed by atoms with Crippen LogP contribution < -0.4 is 15.5 Å². The molecule has 4 heterocycles. The number of nitrogens with one attached hydrogen (secondary N) is 2. The molecule has 1 spiro atoms. The molecule has 2 saturated carbocycles. The summed E-state index contributed by atoms with van der Waals surface area (Å²) in [6, 6.07) is 5.76. The van der Waals surface area contributed by atoms with Crippen LogP contribution in [0.4, 0.5) is 5.69 Å². The summed E-state index contributed by atoms with van der Waals surface area (Å²) in [5.74, 6) is -1.63. The lowest BCUT2D eigenvalue weighted by Crippen LogP contribution is -2.68. The van der Waals surface area contributed by atoms with Crippen molar-refractivity contribution in [2.75, 3.05) is 71.7 Å². The van der Waals surface area contributed by atoms with Gasteiger partial charge in [0.15, 0.2) is 0 Å². The summed E-state index contributed by atoms with van der Waals surface area (Å²) in [4.78, 5) is 54.2. The normalized spacial score (nSPS) is 34.1. The number of cyclic esters (lactones) is 1. The van der Waals surface area contributed by atoms with Crippen molar-refractivity contribution < 1.29 is 43.5 Å². The lowest BCUT2D eigenvalue weighted by molar-refractivity contribution is -0.197. The van der Waals surface area contributed by atoms with Gasteiger partial charge >= 0.3 is 11.9 Å². The van der Waals surface area contributed by atoms with Crippen molar-refractivity contribution in [1.29, 1.82) is 0 Å². The van der Waals surface area contributed by atoms with E-state index in [-0.39, 0.29) is 59.9 Å². The molecule has 2 aliphatic carbocycles. The molecule has 6 unspecified atom stereocenters. The SMILES string of the molecule is CCOC(=O)/C(=C1/C=C(C(CC2C3(CO3)C(N3CCOCC3)CC3[C@]2(C)CC[C@@H](O)[C@@]3(C)CO)NC(C)C(=O)NC2=NCC=N2)C(=O)O1)c1ccc(N(C)C)cc1. The van der Waals surface area contributed by atoms with E-state index in [1.807, 2.05) is 38.1 Å². The zero-order valence-corrected chi connectivity index (χ0v) is 34.0. The van der Waals surface area contributed by atoms with E-state index in [1.165, 1.54) is 0 Å². The second-order valence-corrected chi connectivity index (χ2v) is 17.0. The number of guanidine groups is 1. The molecule has 15 heteroatoms. The topological polar surface area (TPSA) is 187 Å². The van der Waals surface area contributed by atoms with E-state index in [2.05, 4.69) is 32.4 Å². The van der Waals surface area contributed by atoms with Crippen LogP contribution in [0, 0.1) is 22.7 Å². The fourth-order valence-electron chi connectivity index (χ4n) is 10.3. The van der Waals surface area contributed by atoms with Crippen molar-refractivity contribution in [2.24, 2.45) is 32.7 Å². The average molecular weight is 791 g/mol. The van der Waals surface area contributed by atoms with E-state index >= 15 is 0 Å². The Labute approximate surface area is 334 Å². The number of morpholine rings is 1. The number of carbonyl (C=O) groups is 3. The van der Waals surface area contributed by atoms with Crippen molar-refractivity contribution in [3.63, 3.8) is 0 Å². The van der Waals surface area contributed by atoms with Crippen LogP contribution in [0.2, 0.25) is 0 Å². The Hall–Kier alpha value is -3.99. The van der Waals surface area contributed by atoms with Gasteiger partial charge in [-0.1, -0.05) is 26.0 Å². The van der Waals surface area contributed by atoms with Gasteiger partial charge in [0.2, 0.25) is 11.9 Å². The Kier molecular flexibility index (Phi) is 11.8. The van der Waals surface area contributed by atoms with Gasteiger partial charge in [-0.15, -0.1) is 0 Å². The highest BCUT2D eigenvalue weighted by atomic mass is 16.6. The van der Waals surface area contributed by atoms with Gasteiger partial charge in [0, 0.05) is 56.6 Å². The molecule has 6 aliphatic rings. The van der Waals surface area contributed by atoms with Crippen molar-refractivity contribution in [2.45, 2.75) is 83.2 Å². The quantitative estimate of drug-likeness (QED) is 0.138. The number of carbonyl (C=O) groups excluding carboxylic acids is 3. The smallest absolute Gasteiger partial charge is 0.342 e. The monoisotopic (exact) mass is 790 g/mol. The molecule has 2 saturated heterocycles. The lowest BCUT2D eigenvalue weighted by atomic mass is 9.43. The maximum absolute atomic E-state index is 14.2. The lowest BCUT2D eigenvalue weighted by Gasteiger charge is -2.64. The summed E-state index contributed by atoms with van der Waals surface area (Å²) in [6.07, 6.45) is 4.81. The van der Waals surface area contributed by atoms with Crippen LogP contribution in [0.5, 0.6) is 0 Å². The number of allylic oxidation sites excluding steroid dienone is 1. The molecule has 310 valence electrons. The van der Waals surface area contributed by atoms with Gasteiger partial charge in [0.25, 0.3) is 0 Å². The second kappa shape index (κ2) is 16.3. The third kappa shape index (κ3) is 7.70. The van der Waals surface area contributed by atoms with Crippen LogP contribution in [0.3, 0.4) is 0 Å². The molecule has 4 fully saturated rings. The molecular weight excluding hydrogens is 732 g/mol. The number of amides is 1. The van der Waals surface area contributed by atoms with E-state index in [0.29, 0.717) is 51.2 Å². The van der Waals surface area contributed by atoms with E-state index in [0.717, 1.165) is 25.2 Å². The molecule has 1 aromatic carbocycles. The second-order valence-electron chi connectivity index (χ2n) is 17.0. The molecule has 1 aromatic rings. The third-order valence-corrected chi connectivity index (χ3v) is 13.6. The molecule has 0 bridgehead atoms. The number of nitrogens with zero attached hydrogens (tertiary/aromatic N) is 4. The molecule has 1 amide bonds. The number of esters is 2. The summed E-state index contributed by atoms with van der Waals surface area (Å²) >= 11 is 0. The summed E-state index contributed by atoms with van der Waals surface area (Å²) in [5, 5.41) is 28.7. The Morgan fingerprint density at radius 3 is 2.49 bits per heavy atom. The van der Waals surface area contributed by atoms with Gasteiger partial charge in [0.05, 0.1) is 57.3 Å². The Bertz CT molecular complexity index is 1830. The highest BCUT2D eigenvalue weighted by molar-refractivity contribution is 6.19.